The normalized spacial score (nSPS) is 11.2. The summed E-state index contributed by atoms with van der Waals surface area (Å²) < 4.78 is 24.2. The predicted molar refractivity (Wildman–Crippen MR) is 70.9 cm³/mol. The van der Waals surface area contributed by atoms with Crippen LogP contribution >= 0.6 is 0 Å². The third-order valence-electron chi connectivity index (χ3n) is 2.63. The van der Waals surface area contributed by atoms with E-state index in [1.54, 1.807) is 26.0 Å². The van der Waals surface area contributed by atoms with Crippen molar-refractivity contribution in [2.45, 2.75) is 25.2 Å². The molecule has 0 aliphatic heterocycles. The van der Waals surface area contributed by atoms with Gasteiger partial charge in [0.25, 0.3) is 0 Å². The van der Waals surface area contributed by atoms with Gasteiger partial charge in [0.1, 0.15) is 0 Å². The minimum atomic E-state index is -3.47. The first-order chi connectivity index (χ1) is 8.38. The van der Waals surface area contributed by atoms with Crippen molar-refractivity contribution in [2.75, 3.05) is 18.0 Å². The molecule has 6 heteroatoms. The Kier molecular flexibility index (Phi) is 4.72. The van der Waals surface area contributed by atoms with Gasteiger partial charge in [-0.05, 0) is 31.5 Å². The number of sulfone groups is 1. The average molecular weight is 270 g/mol. The van der Waals surface area contributed by atoms with Crippen molar-refractivity contribution in [1.29, 1.82) is 0 Å². The van der Waals surface area contributed by atoms with Crippen molar-refractivity contribution in [3.05, 3.63) is 23.8 Å². The second-order valence-corrected chi connectivity index (χ2v) is 6.07. The summed E-state index contributed by atoms with van der Waals surface area (Å²) in [6.45, 7) is 3.94. The first kappa shape index (κ1) is 14.5. The number of anilines is 1. The summed E-state index contributed by atoms with van der Waals surface area (Å²) in [6, 6.07) is 4.76. The van der Waals surface area contributed by atoms with Crippen LogP contribution in [0.5, 0.6) is 0 Å². The van der Waals surface area contributed by atoms with Crippen LogP contribution < -0.4 is 11.1 Å². The molecule has 0 heterocycles. The topological polar surface area (TPSA) is 89.3 Å². The van der Waals surface area contributed by atoms with E-state index < -0.39 is 9.84 Å². The molecule has 1 aromatic rings. The first-order valence-electron chi connectivity index (χ1n) is 5.73. The smallest absolute Gasteiger partial charge is 0.221 e. The van der Waals surface area contributed by atoms with Crippen molar-refractivity contribution >= 4 is 21.4 Å². The minimum absolute atomic E-state index is 0.0373. The zero-order valence-corrected chi connectivity index (χ0v) is 11.4. The number of benzene rings is 1. The lowest BCUT2D eigenvalue weighted by Gasteiger charge is -2.09. The molecule has 0 atom stereocenters. The summed E-state index contributed by atoms with van der Waals surface area (Å²) in [5, 5.41) is 2.57. The Balaban J connectivity index is 2.87. The lowest BCUT2D eigenvalue weighted by atomic mass is 10.2. The molecule has 1 aromatic carbocycles. The Morgan fingerprint density at radius 1 is 1.39 bits per heavy atom. The van der Waals surface area contributed by atoms with E-state index in [9.17, 15) is 13.2 Å². The molecule has 0 aliphatic rings. The number of amides is 1. The largest absolute Gasteiger partial charge is 0.398 e. The molecular formula is C12H18N2O3S. The molecule has 18 heavy (non-hydrogen) atoms. The van der Waals surface area contributed by atoms with Crippen molar-refractivity contribution in [3.63, 3.8) is 0 Å². The van der Waals surface area contributed by atoms with Crippen LogP contribution in [0.1, 0.15) is 18.9 Å². The Labute approximate surface area is 107 Å². The zero-order valence-electron chi connectivity index (χ0n) is 10.6. The van der Waals surface area contributed by atoms with E-state index >= 15 is 0 Å². The standard InChI is InChI=1S/C12H18N2O3S/c1-3-14-12(15)7-8-18(16,17)11-6-4-5-10(13)9(11)2/h4-6H,3,7-8,13H2,1-2H3,(H,14,15). The molecule has 3 N–H and O–H groups in total. The van der Waals surface area contributed by atoms with Crippen LogP contribution in [-0.2, 0) is 14.6 Å². The number of nitrogens with one attached hydrogen (secondary N) is 1. The molecule has 100 valence electrons. The van der Waals surface area contributed by atoms with Crippen molar-refractivity contribution in [1.82, 2.24) is 5.32 Å². The summed E-state index contributed by atoms with van der Waals surface area (Å²) in [7, 11) is -3.47. The number of nitrogen functional groups attached to an aromatic ring is 1. The first-order valence-corrected chi connectivity index (χ1v) is 7.38. The molecule has 0 spiro atoms. The van der Waals surface area contributed by atoms with Crippen LogP contribution in [0.2, 0.25) is 0 Å². The molecule has 0 aromatic heterocycles. The summed E-state index contributed by atoms with van der Waals surface area (Å²) in [6.07, 6.45) is -0.0373. The third-order valence-corrected chi connectivity index (χ3v) is 4.49. The fraction of sp³-hybridized carbons (Fsp3) is 0.417. The molecule has 5 nitrogen and oxygen atoms in total. The van der Waals surface area contributed by atoms with Crippen molar-refractivity contribution in [2.24, 2.45) is 0 Å². The quantitative estimate of drug-likeness (QED) is 0.777. The maximum absolute atomic E-state index is 12.1. The van der Waals surface area contributed by atoms with Crippen molar-refractivity contribution in [3.8, 4) is 0 Å². The van der Waals surface area contributed by atoms with Gasteiger partial charge >= 0.3 is 0 Å². The van der Waals surface area contributed by atoms with E-state index in [0.29, 0.717) is 17.8 Å². The van der Waals surface area contributed by atoms with Gasteiger partial charge in [0.2, 0.25) is 5.91 Å². The van der Waals surface area contributed by atoms with Crippen LogP contribution in [0, 0.1) is 6.92 Å². The van der Waals surface area contributed by atoms with Gasteiger partial charge in [-0.25, -0.2) is 8.42 Å². The molecular weight excluding hydrogens is 252 g/mol. The Hall–Kier alpha value is -1.56. The molecule has 0 saturated carbocycles. The van der Waals surface area contributed by atoms with Crippen LogP contribution in [0.3, 0.4) is 0 Å². The fourth-order valence-corrected chi connectivity index (χ4v) is 3.14. The van der Waals surface area contributed by atoms with Gasteiger partial charge in [-0.3, -0.25) is 4.79 Å². The predicted octanol–water partition coefficient (Wildman–Crippen LogP) is 0.877. The molecule has 0 radical (unpaired) electrons. The highest BCUT2D eigenvalue weighted by Crippen LogP contribution is 2.21. The summed E-state index contributed by atoms with van der Waals surface area (Å²) in [4.78, 5) is 11.5. The summed E-state index contributed by atoms with van der Waals surface area (Å²) >= 11 is 0. The number of carbonyl (C=O) groups is 1. The van der Waals surface area contributed by atoms with E-state index in [-0.39, 0.29) is 23.0 Å². The molecule has 1 rings (SSSR count). The third kappa shape index (κ3) is 3.46. The van der Waals surface area contributed by atoms with Gasteiger partial charge in [-0.1, -0.05) is 6.07 Å². The van der Waals surface area contributed by atoms with Gasteiger partial charge in [-0.15, -0.1) is 0 Å². The van der Waals surface area contributed by atoms with E-state index in [2.05, 4.69) is 5.32 Å². The van der Waals surface area contributed by atoms with E-state index in [1.807, 2.05) is 0 Å². The van der Waals surface area contributed by atoms with Crippen LogP contribution in [-0.4, -0.2) is 26.6 Å². The van der Waals surface area contributed by atoms with Gasteiger partial charge in [0, 0.05) is 18.7 Å². The molecule has 0 aliphatic carbocycles. The number of hydrogen-bond acceptors (Lipinski definition) is 4. The highest BCUT2D eigenvalue weighted by molar-refractivity contribution is 7.91. The van der Waals surface area contributed by atoms with E-state index in [0.717, 1.165) is 0 Å². The van der Waals surface area contributed by atoms with Crippen LogP contribution in [0.15, 0.2) is 23.1 Å². The second-order valence-electron chi connectivity index (χ2n) is 3.99. The van der Waals surface area contributed by atoms with Crippen molar-refractivity contribution < 1.29 is 13.2 Å². The molecule has 0 unspecified atom stereocenters. The van der Waals surface area contributed by atoms with Crippen LogP contribution in [0.25, 0.3) is 0 Å². The monoisotopic (exact) mass is 270 g/mol. The molecule has 1 amide bonds. The lowest BCUT2D eigenvalue weighted by molar-refractivity contribution is -0.120. The van der Waals surface area contributed by atoms with Crippen LogP contribution in [0.4, 0.5) is 5.69 Å². The zero-order chi connectivity index (χ0) is 13.8. The second kappa shape index (κ2) is 5.86. The van der Waals surface area contributed by atoms with E-state index in [4.69, 9.17) is 5.73 Å². The molecule has 0 bridgehead atoms. The number of rotatable bonds is 5. The maximum Gasteiger partial charge on any atom is 0.221 e. The van der Waals surface area contributed by atoms with Gasteiger partial charge in [-0.2, -0.15) is 0 Å². The SMILES string of the molecule is CCNC(=O)CCS(=O)(=O)c1cccc(N)c1C. The Morgan fingerprint density at radius 2 is 2.06 bits per heavy atom. The highest BCUT2D eigenvalue weighted by Gasteiger charge is 2.19. The summed E-state index contributed by atoms with van der Waals surface area (Å²) in [5.41, 5.74) is 6.65. The summed E-state index contributed by atoms with van der Waals surface area (Å²) in [5.74, 6) is -0.467. The number of hydrogen-bond donors (Lipinski definition) is 2. The highest BCUT2D eigenvalue weighted by atomic mass is 32.2. The maximum atomic E-state index is 12.1. The fourth-order valence-electron chi connectivity index (χ4n) is 1.59. The van der Waals surface area contributed by atoms with Gasteiger partial charge in [0.15, 0.2) is 9.84 Å². The Bertz CT molecular complexity index is 538. The van der Waals surface area contributed by atoms with Gasteiger partial charge in [0.05, 0.1) is 10.6 Å². The molecule has 0 fully saturated rings. The molecule has 0 saturated heterocycles. The Morgan fingerprint density at radius 3 is 2.67 bits per heavy atom. The minimum Gasteiger partial charge on any atom is -0.398 e. The lowest BCUT2D eigenvalue weighted by Crippen LogP contribution is -2.25. The van der Waals surface area contributed by atoms with E-state index in [1.165, 1.54) is 6.07 Å². The number of nitrogens with two attached hydrogens (primary N) is 1. The number of carbonyl (C=O) groups excluding carboxylic acids is 1. The average Bonchev–Trinajstić information content (AvgIpc) is 2.30. The van der Waals surface area contributed by atoms with Gasteiger partial charge < -0.3 is 11.1 Å².